The molecule has 0 saturated carbocycles. The van der Waals surface area contributed by atoms with Gasteiger partial charge in [0.1, 0.15) is 5.82 Å². The van der Waals surface area contributed by atoms with Crippen molar-refractivity contribution in [2.75, 3.05) is 5.73 Å². The molecule has 0 fully saturated rings. The zero-order valence-corrected chi connectivity index (χ0v) is 14.1. The Kier molecular flexibility index (Phi) is 3.68. The molecule has 0 atom stereocenters. The van der Waals surface area contributed by atoms with Crippen LogP contribution in [0, 0.1) is 0 Å². The molecule has 0 aliphatic carbocycles. The van der Waals surface area contributed by atoms with Gasteiger partial charge >= 0.3 is 0 Å². The second-order valence-corrected chi connectivity index (χ2v) is 6.59. The second kappa shape index (κ2) is 5.35. The Bertz CT molecular complexity index is 824. The van der Waals surface area contributed by atoms with E-state index in [1.54, 1.807) is 0 Å². The summed E-state index contributed by atoms with van der Waals surface area (Å²) in [5.41, 5.74) is 9.41. The maximum absolute atomic E-state index is 6.15. The first-order valence-corrected chi connectivity index (χ1v) is 7.87. The first-order chi connectivity index (χ1) is 9.97. The molecule has 0 unspecified atom stereocenters. The van der Waals surface area contributed by atoms with Crippen molar-refractivity contribution >= 4 is 44.3 Å². The number of hydrogen-bond donors (Lipinski definition) is 1. The molecular weight excluding hydrogens is 350 g/mol. The number of imidazole rings is 1. The minimum Gasteiger partial charge on any atom is -0.398 e. The predicted octanol–water partition coefficient (Wildman–Crippen LogP) is 5.28. The molecule has 0 aliphatic heterocycles. The monoisotopic (exact) mass is 363 g/mol. The number of aromatic nitrogens is 2. The number of rotatable bonds is 2. The highest BCUT2D eigenvalue weighted by Gasteiger charge is 2.15. The maximum Gasteiger partial charge on any atom is 0.141 e. The van der Waals surface area contributed by atoms with E-state index in [0.717, 1.165) is 26.9 Å². The fraction of sp³-hybridized carbons (Fsp3) is 0.188. The lowest BCUT2D eigenvalue weighted by Gasteiger charge is -2.13. The van der Waals surface area contributed by atoms with Gasteiger partial charge in [0.15, 0.2) is 0 Å². The minimum absolute atomic E-state index is 0.294. The van der Waals surface area contributed by atoms with Crippen LogP contribution in [-0.2, 0) is 0 Å². The summed E-state index contributed by atoms with van der Waals surface area (Å²) in [4.78, 5) is 4.77. The van der Waals surface area contributed by atoms with Gasteiger partial charge in [0.2, 0.25) is 0 Å². The van der Waals surface area contributed by atoms with E-state index in [0.29, 0.717) is 16.8 Å². The summed E-state index contributed by atoms with van der Waals surface area (Å²) in [6, 6.07) is 12.1. The highest BCUT2D eigenvalue weighted by atomic mass is 79.9. The number of nitrogens with two attached hydrogens (primary N) is 1. The molecule has 1 heterocycles. The highest BCUT2D eigenvalue weighted by molar-refractivity contribution is 9.10. The van der Waals surface area contributed by atoms with Gasteiger partial charge in [0.25, 0.3) is 0 Å². The van der Waals surface area contributed by atoms with E-state index in [1.165, 1.54) is 0 Å². The topological polar surface area (TPSA) is 43.8 Å². The molecule has 0 bridgehead atoms. The average molecular weight is 365 g/mol. The van der Waals surface area contributed by atoms with Crippen molar-refractivity contribution in [1.29, 1.82) is 0 Å². The van der Waals surface area contributed by atoms with Crippen molar-refractivity contribution in [2.45, 2.75) is 19.9 Å². The van der Waals surface area contributed by atoms with Gasteiger partial charge in [-0.1, -0.05) is 27.5 Å². The van der Waals surface area contributed by atoms with Crippen molar-refractivity contribution in [3.63, 3.8) is 0 Å². The number of hydrogen-bond acceptors (Lipinski definition) is 2. The van der Waals surface area contributed by atoms with E-state index in [-0.39, 0.29) is 0 Å². The van der Waals surface area contributed by atoms with Gasteiger partial charge in [0.05, 0.1) is 21.7 Å². The van der Waals surface area contributed by atoms with Crippen LogP contribution in [0.3, 0.4) is 0 Å². The average Bonchev–Trinajstić information content (AvgIpc) is 2.80. The zero-order chi connectivity index (χ0) is 15.1. The first kappa shape index (κ1) is 14.4. The Balaban J connectivity index is 2.30. The second-order valence-electron chi connectivity index (χ2n) is 5.27. The van der Waals surface area contributed by atoms with Gasteiger partial charge in [-0.2, -0.15) is 0 Å². The molecule has 0 amide bonds. The number of benzene rings is 2. The molecule has 3 rings (SSSR count). The van der Waals surface area contributed by atoms with Gasteiger partial charge < -0.3 is 10.3 Å². The smallest absolute Gasteiger partial charge is 0.141 e. The molecule has 3 nitrogen and oxygen atoms in total. The number of fused-ring (bicyclic) bond motifs is 1. The number of halogens is 2. The lowest BCUT2D eigenvalue weighted by Crippen LogP contribution is -2.03. The fourth-order valence-electron chi connectivity index (χ4n) is 2.46. The standard InChI is InChI=1S/C16H15BrClN3/c1-9(2)21-15-6-4-11(17)8-14(15)20-16(21)10-3-5-13(19)12(18)7-10/h3-9H,19H2,1-2H3. The molecule has 2 N–H and O–H groups in total. The number of nitrogen functional groups attached to an aromatic ring is 1. The number of anilines is 1. The summed E-state index contributed by atoms with van der Waals surface area (Å²) in [5, 5.41) is 0.552. The van der Waals surface area contributed by atoms with Gasteiger partial charge in [-0.25, -0.2) is 4.98 Å². The van der Waals surface area contributed by atoms with Crippen LogP contribution in [0.25, 0.3) is 22.4 Å². The Morgan fingerprint density at radius 1 is 1.19 bits per heavy atom. The summed E-state index contributed by atoms with van der Waals surface area (Å²) >= 11 is 9.64. The maximum atomic E-state index is 6.15. The molecule has 0 spiro atoms. The van der Waals surface area contributed by atoms with E-state index in [9.17, 15) is 0 Å². The summed E-state index contributed by atoms with van der Waals surface area (Å²) in [6.07, 6.45) is 0. The lowest BCUT2D eigenvalue weighted by molar-refractivity contribution is 0.624. The molecule has 21 heavy (non-hydrogen) atoms. The van der Waals surface area contributed by atoms with Crippen molar-refractivity contribution in [3.8, 4) is 11.4 Å². The highest BCUT2D eigenvalue weighted by Crippen LogP contribution is 2.32. The molecule has 3 aromatic rings. The van der Waals surface area contributed by atoms with Crippen LogP contribution in [0.1, 0.15) is 19.9 Å². The third-order valence-electron chi connectivity index (χ3n) is 3.43. The van der Waals surface area contributed by atoms with Crippen molar-refractivity contribution in [3.05, 3.63) is 45.9 Å². The lowest BCUT2D eigenvalue weighted by atomic mass is 10.2. The predicted molar refractivity (Wildman–Crippen MR) is 92.7 cm³/mol. The fourth-order valence-corrected chi connectivity index (χ4v) is 2.99. The van der Waals surface area contributed by atoms with Gasteiger partial charge in [-0.3, -0.25) is 0 Å². The molecular formula is C16H15BrClN3. The minimum atomic E-state index is 0.294. The summed E-state index contributed by atoms with van der Waals surface area (Å²) in [7, 11) is 0. The van der Waals surface area contributed by atoms with Gasteiger partial charge in [-0.05, 0) is 50.2 Å². The number of nitrogens with zero attached hydrogens (tertiary/aromatic N) is 2. The van der Waals surface area contributed by atoms with Crippen LogP contribution >= 0.6 is 27.5 Å². The molecule has 1 aromatic heterocycles. The van der Waals surface area contributed by atoms with Gasteiger partial charge in [-0.15, -0.1) is 0 Å². The van der Waals surface area contributed by atoms with Crippen LogP contribution in [0.4, 0.5) is 5.69 Å². The van der Waals surface area contributed by atoms with Crippen LogP contribution in [0.2, 0.25) is 5.02 Å². The summed E-state index contributed by atoms with van der Waals surface area (Å²) in [6.45, 7) is 4.29. The van der Waals surface area contributed by atoms with Crippen molar-refractivity contribution in [2.24, 2.45) is 0 Å². The van der Waals surface area contributed by atoms with Crippen LogP contribution in [0.5, 0.6) is 0 Å². The molecule has 0 saturated heterocycles. The van der Waals surface area contributed by atoms with Crippen molar-refractivity contribution < 1.29 is 0 Å². The summed E-state index contributed by atoms with van der Waals surface area (Å²) in [5.74, 6) is 0.903. The van der Waals surface area contributed by atoms with Crippen LogP contribution < -0.4 is 5.73 Å². The summed E-state index contributed by atoms with van der Waals surface area (Å²) < 4.78 is 3.23. The Morgan fingerprint density at radius 2 is 1.95 bits per heavy atom. The van der Waals surface area contributed by atoms with E-state index in [4.69, 9.17) is 22.3 Å². The van der Waals surface area contributed by atoms with E-state index >= 15 is 0 Å². The molecule has 5 heteroatoms. The van der Waals surface area contributed by atoms with Gasteiger partial charge in [0, 0.05) is 16.1 Å². The van der Waals surface area contributed by atoms with Crippen molar-refractivity contribution in [1.82, 2.24) is 9.55 Å². The van der Waals surface area contributed by atoms with Crippen LogP contribution in [-0.4, -0.2) is 9.55 Å². The quantitative estimate of drug-likeness (QED) is 0.628. The van der Waals surface area contributed by atoms with E-state index in [2.05, 4.69) is 40.4 Å². The molecule has 108 valence electrons. The van der Waals surface area contributed by atoms with E-state index < -0.39 is 0 Å². The van der Waals surface area contributed by atoms with E-state index in [1.807, 2.05) is 30.3 Å². The van der Waals surface area contributed by atoms with Crippen LogP contribution in [0.15, 0.2) is 40.9 Å². The Hall–Kier alpha value is -1.52. The zero-order valence-electron chi connectivity index (χ0n) is 11.8. The molecule has 2 aromatic carbocycles. The third-order valence-corrected chi connectivity index (χ3v) is 4.25. The molecule has 0 aliphatic rings. The SMILES string of the molecule is CC(C)n1c(-c2ccc(N)c(Cl)c2)nc2cc(Br)ccc21. The Labute approximate surface area is 136 Å². The normalized spacial score (nSPS) is 11.5. The molecule has 0 radical (unpaired) electrons. The third kappa shape index (κ3) is 2.54. The Morgan fingerprint density at radius 3 is 2.62 bits per heavy atom. The largest absolute Gasteiger partial charge is 0.398 e. The first-order valence-electron chi connectivity index (χ1n) is 6.70.